The number of aryl methyl sites for hydroxylation is 2. The summed E-state index contributed by atoms with van der Waals surface area (Å²) in [6, 6.07) is 6.14. The van der Waals surface area contributed by atoms with Crippen molar-refractivity contribution in [3.8, 4) is 5.75 Å². The molecule has 1 fully saturated rings. The molecule has 0 saturated carbocycles. The second-order valence-corrected chi connectivity index (χ2v) is 4.71. The number of aliphatic hydroxyl groups is 1. The topological polar surface area (TPSA) is 38.7 Å². The summed E-state index contributed by atoms with van der Waals surface area (Å²) >= 11 is 0. The summed E-state index contributed by atoms with van der Waals surface area (Å²) in [6.07, 6.45) is 0. The lowest BCUT2D eigenvalue weighted by Crippen LogP contribution is -2.49. The smallest absolute Gasteiger partial charge is 0.122 e. The first kappa shape index (κ1) is 11.4. The van der Waals surface area contributed by atoms with Crippen LogP contribution in [0.15, 0.2) is 18.2 Å². The Labute approximate surface area is 96.0 Å². The second kappa shape index (κ2) is 4.44. The van der Waals surface area contributed by atoms with Crippen LogP contribution in [0.25, 0.3) is 0 Å². The van der Waals surface area contributed by atoms with E-state index in [4.69, 9.17) is 9.47 Å². The molecule has 0 atom stereocenters. The third-order valence-electron chi connectivity index (χ3n) is 3.03. The fraction of sp³-hybridized carbons (Fsp3) is 0.538. The van der Waals surface area contributed by atoms with Gasteiger partial charge in [0.25, 0.3) is 0 Å². The van der Waals surface area contributed by atoms with E-state index in [2.05, 4.69) is 6.07 Å². The first-order chi connectivity index (χ1) is 7.65. The van der Waals surface area contributed by atoms with Crippen LogP contribution in [0.1, 0.15) is 11.1 Å². The van der Waals surface area contributed by atoms with Crippen LogP contribution in [0, 0.1) is 19.3 Å². The van der Waals surface area contributed by atoms with Crippen LogP contribution >= 0.6 is 0 Å². The lowest BCUT2D eigenvalue weighted by molar-refractivity contribution is -0.153. The predicted octanol–water partition coefficient (Wildman–Crippen LogP) is 1.69. The number of hydrogen-bond donors (Lipinski definition) is 1. The zero-order valence-electron chi connectivity index (χ0n) is 9.82. The van der Waals surface area contributed by atoms with Gasteiger partial charge in [-0.3, -0.25) is 0 Å². The summed E-state index contributed by atoms with van der Waals surface area (Å²) in [5.74, 6) is 0.903. The molecule has 0 aliphatic carbocycles. The van der Waals surface area contributed by atoms with Gasteiger partial charge in [0.15, 0.2) is 0 Å². The molecule has 1 heterocycles. The summed E-state index contributed by atoms with van der Waals surface area (Å²) in [4.78, 5) is 0. The summed E-state index contributed by atoms with van der Waals surface area (Å²) in [6.45, 7) is 5.90. The summed E-state index contributed by atoms with van der Waals surface area (Å²) < 4.78 is 10.9. The molecule has 1 aliphatic rings. The van der Waals surface area contributed by atoms with E-state index in [0.29, 0.717) is 19.8 Å². The van der Waals surface area contributed by atoms with Gasteiger partial charge >= 0.3 is 0 Å². The van der Waals surface area contributed by atoms with Crippen molar-refractivity contribution < 1.29 is 14.6 Å². The average molecular weight is 222 g/mol. The Morgan fingerprint density at radius 2 is 2.12 bits per heavy atom. The maximum absolute atomic E-state index is 9.28. The van der Waals surface area contributed by atoms with Crippen molar-refractivity contribution in [2.45, 2.75) is 13.8 Å². The van der Waals surface area contributed by atoms with Crippen molar-refractivity contribution in [3.63, 3.8) is 0 Å². The quantitative estimate of drug-likeness (QED) is 0.842. The Kier molecular flexibility index (Phi) is 3.17. The van der Waals surface area contributed by atoms with Gasteiger partial charge in [-0.25, -0.2) is 0 Å². The SMILES string of the molecule is Cc1ccc(C)c(OCC2(CO)COC2)c1. The molecule has 3 nitrogen and oxygen atoms in total. The molecule has 0 bridgehead atoms. The van der Waals surface area contributed by atoms with Crippen LogP contribution in [-0.4, -0.2) is 31.5 Å². The molecular formula is C13H18O3. The number of ether oxygens (including phenoxy) is 2. The van der Waals surface area contributed by atoms with Crippen LogP contribution < -0.4 is 4.74 Å². The molecule has 16 heavy (non-hydrogen) atoms. The van der Waals surface area contributed by atoms with Gasteiger partial charge in [0.2, 0.25) is 0 Å². The van der Waals surface area contributed by atoms with Crippen LogP contribution in [0.2, 0.25) is 0 Å². The van der Waals surface area contributed by atoms with E-state index in [9.17, 15) is 5.11 Å². The van der Waals surface area contributed by atoms with Crippen molar-refractivity contribution >= 4 is 0 Å². The fourth-order valence-electron chi connectivity index (χ4n) is 1.70. The molecule has 1 aliphatic heterocycles. The minimum Gasteiger partial charge on any atom is -0.492 e. The van der Waals surface area contributed by atoms with E-state index in [1.54, 1.807) is 0 Å². The van der Waals surface area contributed by atoms with E-state index in [0.717, 1.165) is 11.3 Å². The Hall–Kier alpha value is -1.06. The fourth-order valence-corrected chi connectivity index (χ4v) is 1.70. The monoisotopic (exact) mass is 222 g/mol. The molecule has 0 aromatic heterocycles. The van der Waals surface area contributed by atoms with Crippen molar-refractivity contribution in [1.82, 2.24) is 0 Å². The number of aliphatic hydroxyl groups excluding tert-OH is 1. The molecule has 1 saturated heterocycles. The molecule has 0 amide bonds. The Morgan fingerprint density at radius 1 is 1.38 bits per heavy atom. The van der Waals surface area contributed by atoms with Gasteiger partial charge in [0, 0.05) is 0 Å². The molecule has 1 aromatic carbocycles. The minimum absolute atomic E-state index is 0.123. The maximum Gasteiger partial charge on any atom is 0.122 e. The minimum atomic E-state index is -0.184. The lowest BCUT2D eigenvalue weighted by Gasteiger charge is -2.39. The number of hydrogen-bond acceptors (Lipinski definition) is 3. The van der Waals surface area contributed by atoms with Gasteiger partial charge in [0.05, 0.1) is 25.2 Å². The number of rotatable bonds is 4. The van der Waals surface area contributed by atoms with Gasteiger partial charge in [-0.05, 0) is 31.0 Å². The normalized spacial score (nSPS) is 17.9. The first-order valence-electron chi connectivity index (χ1n) is 5.54. The molecule has 88 valence electrons. The Balaban J connectivity index is 2.01. The molecule has 3 heteroatoms. The molecule has 0 radical (unpaired) electrons. The predicted molar refractivity (Wildman–Crippen MR) is 61.7 cm³/mol. The first-order valence-corrected chi connectivity index (χ1v) is 5.54. The highest BCUT2D eigenvalue weighted by Gasteiger charge is 2.39. The maximum atomic E-state index is 9.28. The van der Waals surface area contributed by atoms with Crippen molar-refractivity contribution in [1.29, 1.82) is 0 Å². The van der Waals surface area contributed by atoms with Crippen molar-refractivity contribution in [3.05, 3.63) is 29.3 Å². The van der Waals surface area contributed by atoms with Gasteiger partial charge in [0.1, 0.15) is 12.4 Å². The molecule has 2 rings (SSSR count). The van der Waals surface area contributed by atoms with Gasteiger partial charge in [-0.2, -0.15) is 0 Å². The van der Waals surface area contributed by atoms with Crippen LogP contribution in [0.3, 0.4) is 0 Å². The molecular weight excluding hydrogens is 204 g/mol. The molecule has 0 spiro atoms. The van der Waals surface area contributed by atoms with E-state index in [1.165, 1.54) is 5.56 Å². The van der Waals surface area contributed by atoms with Crippen molar-refractivity contribution in [2.24, 2.45) is 5.41 Å². The highest BCUT2D eigenvalue weighted by atomic mass is 16.5. The molecule has 1 N–H and O–H groups in total. The molecule has 0 unspecified atom stereocenters. The van der Waals surface area contributed by atoms with Gasteiger partial charge < -0.3 is 14.6 Å². The second-order valence-electron chi connectivity index (χ2n) is 4.71. The van der Waals surface area contributed by atoms with Crippen molar-refractivity contribution in [2.75, 3.05) is 26.4 Å². The van der Waals surface area contributed by atoms with Crippen LogP contribution in [0.4, 0.5) is 0 Å². The third kappa shape index (κ3) is 2.20. The third-order valence-corrected chi connectivity index (χ3v) is 3.03. The largest absolute Gasteiger partial charge is 0.492 e. The Morgan fingerprint density at radius 3 is 2.69 bits per heavy atom. The highest BCUT2D eigenvalue weighted by Crippen LogP contribution is 2.29. The van der Waals surface area contributed by atoms with Gasteiger partial charge in [-0.1, -0.05) is 12.1 Å². The zero-order chi connectivity index (χ0) is 11.6. The standard InChI is InChI=1S/C13H18O3/c1-10-3-4-11(2)12(5-10)16-9-13(6-14)7-15-8-13/h3-5,14H,6-9H2,1-2H3. The van der Waals surface area contributed by atoms with Crippen LogP contribution in [-0.2, 0) is 4.74 Å². The number of benzene rings is 1. The van der Waals surface area contributed by atoms with E-state index in [-0.39, 0.29) is 12.0 Å². The Bertz CT molecular complexity index is 364. The summed E-state index contributed by atoms with van der Waals surface area (Å²) in [5, 5.41) is 9.28. The van der Waals surface area contributed by atoms with E-state index >= 15 is 0 Å². The highest BCUT2D eigenvalue weighted by molar-refractivity contribution is 5.36. The van der Waals surface area contributed by atoms with Gasteiger partial charge in [-0.15, -0.1) is 0 Å². The summed E-state index contributed by atoms with van der Waals surface area (Å²) in [5.41, 5.74) is 2.12. The molecule has 1 aromatic rings. The zero-order valence-corrected chi connectivity index (χ0v) is 9.82. The average Bonchev–Trinajstić information content (AvgIpc) is 2.22. The lowest BCUT2D eigenvalue weighted by atomic mass is 9.88. The van der Waals surface area contributed by atoms with Crippen LogP contribution in [0.5, 0.6) is 5.75 Å². The van der Waals surface area contributed by atoms with E-state index in [1.807, 2.05) is 26.0 Å². The van der Waals surface area contributed by atoms with E-state index < -0.39 is 0 Å². The summed E-state index contributed by atoms with van der Waals surface area (Å²) in [7, 11) is 0.